The molecule has 2 aromatic carbocycles. The summed E-state index contributed by atoms with van der Waals surface area (Å²) in [5.41, 5.74) is 5.19. The van der Waals surface area contributed by atoms with Gasteiger partial charge in [0, 0.05) is 10.8 Å². The molecule has 0 bridgehead atoms. The molecule has 3 heterocycles. The van der Waals surface area contributed by atoms with E-state index in [0.717, 1.165) is 33.0 Å². The summed E-state index contributed by atoms with van der Waals surface area (Å²) in [6.45, 7) is 2.11. The van der Waals surface area contributed by atoms with Crippen molar-refractivity contribution in [3.63, 3.8) is 0 Å². The average Bonchev–Trinajstić information content (AvgIpc) is 3.03. The molecule has 3 aromatic heterocycles. The van der Waals surface area contributed by atoms with Crippen molar-refractivity contribution in [1.29, 1.82) is 0 Å². The monoisotopic (exact) mass is 288 g/mol. The zero-order chi connectivity index (χ0) is 14.8. The minimum atomic E-state index is 0.645. The van der Waals surface area contributed by atoms with Gasteiger partial charge < -0.3 is 4.42 Å². The van der Waals surface area contributed by atoms with Gasteiger partial charge in [0.05, 0.1) is 13.2 Å². The Kier molecular flexibility index (Phi) is 2.06. The van der Waals surface area contributed by atoms with Crippen molar-refractivity contribution in [2.75, 3.05) is 0 Å². The highest BCUT2D eigenvalue weighted by atomic mass is 16.4. The van der Waals surface area contributed by atoms with Crippen LogP contribution in [0.2, 0.25) is 0 Å². The molecule has 5 aromatic rings. The van der Waals surface area contributed by atoms with E-state index in [0.29, 0.717) is 5.84 Å². The number of hydrogen-bond acceptors (Lipinski definition) is 2. The van der Waals surface area contributed by atoms with Gasteiger partial charge in [-0.15, -0.1) is 4.40 Å². The summed E-state index contributed by atoms with van der Waals surface area (Å²) in [7, 11) is 2.05. The second-order valence-electron chi connectivity index (χ2n) is 5.75. The molecule has 0 unspecified atom stereocenters. The van der Waals surface area contributed by atoms with Crippen LogP contribution in [-0.4, -0.2) is 9.38 Å². The van der Waals surface area contributed by atoms with Crippen molar-refractivity contribution in [2.24, 2.45) is 7.05 Å². The quantitative estimate of drug-likeness (QED) is 0.409. The normalized spacial score (nSPS) is 12.1. The largest absolute Gasteiger partial charge is 0.402 e. The lowest BCUT2D eigenvalue weighted by atomic mass is 10.1. The molecule has 0 saturated heterocycles. The summed E-state index contributed by atoms with van der Waals surface area (Å²) in [6, 6.07) is 14.4. The molecule has 0 radical (unpaired) electrons. The molecule has 0 aliphatic heterocycles. The van der Waals surface area contributed by atoms with Gasteiger partial charge >= 0.3 is 11.5 Å². The van der Waals surface area contributed by atoms with Crippen LogP contribution in [0.3, 0.4) is 0 Å². The fourth-order valence-corrected chi connectivity index (χ4v) is 3.36. The van der Waals surface area contributed by atoms with Crippen molar-refractivity contribution >= 4 is 38.9 Å². The van der Waals surface area contributed by atoms with Gasteiger partial charge in [-0.25, -0.2) is 4.57 Å². The smallest absolute Gasteiger partial charge is 0.398 e. The minimum Gasteiger partial charge on any atom is -0.398 e. The molecule has 22 heavy (non-hydrogen) atoms. The maximum absolute atomic E-state index is 6.12. The fraction of sp³-hybridized carbons (Fsp3) is 0.111. The number of pyridine rings is 1. The second kappa shape index (κ2) is 3.85. The van der Waals surface area contributed by atoms with Crippen LogP contribution in [0.15, 0.2) is 53.1 Å². The first kappa shape index (κ1) is 11.7. The third-order valence-electron chi connectivity index (χ3n) is 4.33. The van der Waals surface area contributed by atoms with E-state index >= 15 is 0 Å². The Hall–Kier alpha value is -2.88. The first-order chi connectivity index (χ1) is 10.7. The number of rotatable bonds is 0. The Bertz CT molecular complexity index is 1200. The lowest BCUT2D eigenvalue weighted by Gasteiger charge is -1.99. The summed E-state index contributed by atoms with van der Waals surface area (Å²) in [6.07, 6.45) is 2.14. The number of benzene rings is 2. The Balaban J connectivity index is 2.14. The van der Waals surface area contributed by atoms with Crippen LogP contribution >= 0.6 is 0 Å². The molecule has 0 saturated carbocycles. The van der Waals surface area contributed by atoms with Crippen LogP contribution in [0.4, 0.5) is 0 Å². The maximum Gasteiger partial charge on any atom is 0.402 e. The summed E-state index contributed by atoms with van der Waals surface area (Å²) >= 11 is 0. The van der Waals surface area contributed by atoms with Crippen LogP contribution in [0.25, 0.3) is 38.9 Å². The van der Waals surface area contributed by atoms with Gasteiger partial charge in [0.25, 0.3) is 0 Å². The lowest BCUT2D eigenvalue weighted by molar-refractivity contribution is -0.645. The van der Waals surface area contributed by atoms with Crippen molar-refractivity contribution in [3.05, 3.63) is 54.2 Å². The van der Waals surface area contributed by atoms with Crippen molar-refractivity contribution in [1.82, 2.24) is 9.38 Å². The highest BCUT2D eigenvalue weighted by Gasteiger charge is 2.25. The molecule has 0 fully saturated rings. The minimum absolute atomic E-state index is 0.645. The van der Waals surface area contributed by atoms with E-state index in [2.05, 4.69) is 45.3 Å². The molecule has 4 heteroatoms. The van der Waals surface area contributed by atoms with Crippen LogP contribution in [0, 0.1) is 6.92 Å². The van der Waals surface area contributed by atoms with E-state index in [1.165, 1.54) is 5.56 Å². The summed E-state index contributed by atoms with van der Waals surface area (Å²) < 4.78 is 10.3. The van der Waals surface area contributed by atoms with Crippen molar-refractivity contribution in [3.8, 4) is 0 Å². The van der Waals surface area contributed by atoms with E-state index in [4.69, 9.17) is 4.42 Å². The number of aromatic nitrogens is 3. The predicted octanol–water partition coefficient (Wildman–Crippen LogP) is 3.52. The van der Waals surface area contributed by atoms with E-state index < -0.39 is 0 Å². The topological polar surface area (TPSA) is 34.3 Å². The van der Waals surface area contributed by atoms with Gasteiger partial charge in [-0.1, -0.05) is 36.4 Å². The third-order valence-corrected chi connectivity index (χ3v) is 4.33. The highest BCUT2D eigenvalue weighted by molar-refractivity contribution is 6.01. The number of aryl methyl sites for hydroxylation is 2. The van der Waals surface area contributed by atoms with Gasteiger partial charge in [-0.3, -0.25) is 0 Å². The van der Waals surface area contributed by atoms with Crippen LogP contribution in [0.5, 0.6) is 0 Å². The Morgan fingerprint density at radius 2 is 1.95 bits per heavy atom. The number of oxazole rings is 1. The molecule has 0 atom stereocenters. The first-order valence-electron chi connectivity index (χ1n) is 7.32. The number of fused-ring (bicyclic) bond motifs is 7. The molecule has 0 spiro atoms. The molecule has 0 aliphatic carbocycles. The van der Waals surface area contributed by atoms with Gasteiger partial charge in [0.2, 0.25) is 5.58 Å². The van der Waals surface area contributed by atoms with Crippen LogP contribution < -0.4 is 4.57 Å². The third kappa shape index (κ3) is 1.32. The number of para-hydroxylation sites is 1. The molecule has 0 N–H and O–H groups in total. The van der Waals surface area contributed by atoms with Gasteiger partial charge in [0.1, 0.15) is 5.52 Å². The lowest BCUT2D eigenvalue weighted by Crippen LogP contribution is -2.29. The van der Waals surface area contributed by atoms with Crippen LogP contribution in [-0.2, 0) is 7.05 Å². The maximum atomic E-state index is 6.12. The van der Waals surface area contributed by atoms with E-state index in [-0.39, 0.29) is 0 Å². The standard InChI is InChI=1S/C18H14N3O/c1-11-6-5-9-14-15(11)21-17-16(22-18(21)19-14)13-8-4-3-7-12(13)10-20(17)2/h3-10H,1-2H3/q+1. The molecule has 0 aliphatic rings. The van der Waals surface area contributed by atoms with Gasteiger partial charge in [0.15, 0.2) is 5.52 Å². The zero-order valence-corrected chi connectivity index (χ0v) is 12.4. The van der Waals surface area contributed by atoms with E-state index in [1.54, 1.807) is 0 Å². The molecular weight excluding hydrogens is 274 g/mol. The number of nitrogens with zero attached hydrogens (tertiary/aromatic N) is 3. The Labute approximate surface area is 126 Å². The van der Waals surface area contributed by atoms with E-state index in [9.17, 15) is 0 Å². The fourth-order valence-electron chi connectivity index (χ4n) is 3.36. The zero-order valence-electron chi connectivity index (χ0n) is 12.4. The number of hydrogen-bond donors (Lipinski definition) is 0. The second-order valence-corrected chi connectivity index (χ2v) is 5.75. The van der Waals surface area contributed by atoms with Crippen molar-refractivity contribution < 1.29 is 8.98 Å². The Morgan fingerprint density at radius 1 is 1.09 bits per heavy atom. The number of imidazole rings is 1. The summed E-state index contributed by atoms with van der Waals surface area (Å²) in [5.74, 6) is 0.645. The van der Waals surface area contributed by atoms with E-state index in [1.807, 2.05) is 31.3 Å². The molecule has 0 amide bonds. The predicted molar refractivity (Wildman–Crippen MR) is 85.9 cm³/mol. The summed E-state index contributed by atoms with van der Waals surface area (Å²) in [5, 5.41) is 2.28. The van der Waals surface area contributed by atoms with Gasteiger partial charge in [-0.05, 0) is 18.6 Å². The first-order valence-corrected chi connectivity index (χ1v) is 7.32. The molecule has 4 nitrogen and oxygen atoms in total. The highest BCUT2D eigenvalue weighted by Crippen LogP contribution is 2.29. The molecule has 106 valence electrons. The Morgan fingerprint density at radius 3 is 2.86 bits per heavy atom. The van der Waals surface area contributed by atoms with Crippen molar-refractivity contribution in [2.45, 2.75) is 6.92 Å². The average molecular weight is 288 g/mol. The van der Waals surface area contributed by atoms with Crippen LogP contribution in [0.1, 0.15) is 5.56 Å². The molecular formula is C18H14N3O+. The summed E-state index contributed by atoms with van der Waals surface area (Å²) in [4.78, 5) is 4.64. The SMILES string of the molecule is Cc1cccc2nc3oc4c5ccccc5c[n+](C)c4n3c12. The molecule has 5 rings (SSSR count). The van der Waals surface area contributed by atoms with Gasteiger partial charge in [-0.2, -0.15) is 4.98 Å².